The van der Waals surface area contributed by atoms with Gasteiger partial charge >= 0.3 is 0 Å². The first-order valence-corrected chi connectivity index (χ1v) is 10.8. The van der Waals surface area contributed by atoms with Crippen LogP contribution in [0.5, 0.6) is 0 Å². The minimum atomic E-state index is -0.0278. The van der Waals surface area contributed by atoms with E-state index in [0.717, 1.165) is 17.4 Å². The third-order valence-electron chi connectivity index (χ3n) is 6.76. The number of nitrogens with one attached hydrogen (secondary N) is 1. The van der Waals surface area contributed by atoms with Crippen LogP contribution in [0.25, 0.3) is 17.4 Å². The van der Waals surface area contributed by atoms with E-state index in [4.69, 9.17) is 27.6 Å². The summed E-state index contributed by atoms with van der Waals surface area (Å²) < 4.78 is 5.83. The van der Waals surface area contributed by atoms with Crippen molar-refractivity contribution in [1.82, 2.24) is 5.32 Å². The highest BCUT2D eigenvalue weighted by Crippen LogP contribution is 2.53. The van der Waals surface area contributed by atoms with Gasteiger partial charge in [-0.15, -0.1) is 0 Å². The van der Waals surface area contributed by atoms with Crippen molar-refractivity contribution in [2.24, 2.45) is 23.7 Å². The fourth-order valence-electron chi connectivity index (χ4n) is 5.81. The lowest BCUT2D eigenvalue weighted by Gasteiger charge is -2.54. The van der Waals surface area contributed by atoms with Gasteiger partial charge in [-0.2, -0.15) is 0 Å². The number of hydrogen-bond donors (Lipinski definition) is 1. The van der Waals surface area contributed by atoms with Crippen LogP contribution >= 0.6 is 23.2 Å². The Hall–Kier alpha value is -1.71. The van der Waals surface area contributed by atoms with Crippen molar-refractivity contribution in [3.05, 3.63) is 52.2 Å². The Morgan fingerprint density at radius 3 is 2.39 bits per heavy atom. The van der Waals surface area contributed by atoms with Crippen LogP contribution in [0, 0.1) is 23.7 Å². The SMILES string of the molecule is O=C(/C=C/c1ccc(-c2ccc(Cl)cc2Cl)o1)NC1C2CC3CC(C2)CC1C3. The summed E-state index contributed by atoms with van der Waals surface area (Å²) in [4.78, 5) is 12.5. The van der Waals surface area contributed by atoms with E-state index in [1.54, 1.807) is 24.3 Å². The molecule has 1 amide bonds. The van der Waals surface area contributed by atoms with E-state index in [0.29, 0.717) is 39.4 Å². The fourth-order valence-corrected chi connectivity index (χ4v) is 6.31. The van der Waals surface area contributed by atoms with E-state index in [-0.39, 0.29) is 5.91 Å². The zero-order valence-electron chi connectivity index (χ0n) is 15.5. The van der Waals surface area contributed by atoms with Gasteiger partial charge in [0.05, 0.1) is 5.02 Å². The molecule has 4 fully saturated rings. The minimum Gasteiger partial charge on any atom is -0.457 e. The summed E-state index contributed by atoms with van der Waals surface area (Å²) in [5.41, 5.74) is 0.781. The summed E-state index contributed by atoms with van der Waals surface area (Å²) in [5.74, 6) is 4.43. The molecule has 3 nitrogen and oxygen atoms in total. The molecule has 5 heteroatoms. The van der Waals surface area contributed by atoms with Gasteiger partial charge in [0.1, 0.15) is 11.5 Å². The third kappa shape index (κ3) is 3.51. The molecule has 1 heterocycles. The molecule has 0 radical (unpaired) electrons. The highest BCUT2D eigenvalue weighted by Gasteiger charge is 2.48. The zero-order chi connectivity index (χ0) is 19.3. The number of carbonyl (C=O) groups is 1. The van der Waals surface area contributed by atoms with Gasteiger partial charge in [0.25, 0.3) is 0 Å². The van der Waals surface area contributed by atoms with Crippen LogP contribution in [0.4, 0.5) is 0 Å². The molecular formula is C23H23Cl2NO2. The second-order valence-electron chi connectivity index (χ2n) is 8.62. The van der Waals surface area contributed by atoms with Crippen molar-refractivity contribution < 1.29 is 9.21 Å². The van der Waals surface area contributed by atoms with Crippen LogP contribution in [0.2, 0.25) is 10.0 Å². The monoisotopic (exact) mass is 415 g/mol. The number of furan rings is 1. The van der Waals surface area contributed by atoms with Gasteiger partial charge in [-0.1, -0.05) is 23.2 Å². The maximum atomic E-state index is 12.5. The van der Waals surface area contributed by atoms with E-state index >= 15 is 0 Å². The first kappa shape index (κ1) is 18.3. The first-order chi connectivity index (χ1) is 13.5. The maximum absolute atomic E-state index is 12.5. The van der Waals surface area contributed by atoms with Crippen LogP contribution in [0.1, 0.15) is 37.9 Å². The number of halogens is 2. The summed E-state index contributed by atoms with van der Waals surface area (Å²) in [5, 5.41) is 4.41. The number of hydrogen-bond acceptors (Lipinski definition) is 2. The molecule has 6 rings (SSSR count). The minimum absolute atomic E-state index is 0.0278. The van der Waals surface area contributed by atoms with Crippen LogP contribution in [-0.2, 0) is 4.79 Å². The van der Waals surface area contributed by atoms with Crippen molar-refractivity contribution >= 4 is 35.2 Å². The fraction of sp³-hybridized carbons (Fsp3) is 0.435. The summed E-state index contributed by atoms with van der Waals surface area (Å²) in [6.07, 6.45) is 9.91. The van der Waals surface area contributed by atoms with Crippen LogP contribution < -0.4 is 5.32 Å². The molecule has 1 aromatic heterocycles. The topological polar surface area (TPSA) is 42.2 Å². The van der Waals surface area contributed by atoms with Crippen molar-refractivity contribution in [3.63, 3.8) is 0 Å². The Kier molecular flexibility index (Phi) is 4.76. The van der Waals surface area contributed by atoms with E-state index in [1.807, 2.05) is 18.2 Å². The number of carbonyl (C=O) groups excluding carboxylic acids is 1. The molecular weight excluding hydrogens is 393 g/mol. The van der Waals surface area contributed by atoms with E-state index in [1.165, 1.54) is 32.1 Å². The predicted molar refractivity (Wildman–Crippen MR) is 112 cm³/mol. The van der Waals surface area contributed by atoms with Crippen LogP contribution in [0.3, 0.4) is 0 Å². The van der Waals surface area contributed by atoms with Crippen molar-refractivity contribution in [2.45, 2.75) is 38.1 Å². The van der Waals surface area contributed by atoms with Gasteiger partial charge in [0, 0.05) is 22.7 Å². The van der Waals surface area contributed by atoms with Crippen molar-refractivity contribution in [3.8, 4) is 11.3 Å². The second-order valence-corrected chi connectivity index (χ2v) is 9.47. The van der Waals surface area contributed by atoms with Crippen molar-refractivity contribution in [1.29, 1.82) is 0 Å². The molecule has 1 N–H and O–H groups in total. The highest BCUT2D eigenvalue weighted by molar-refractivity contribution is 6.36. The normalized spacial score (nSPS) is 30.9. The first-order valence-electron chi connectivity index (χ1n) is 10.1. The zero-order valence-corrected chi connectivity index (χ0v) is 17.0. The van der Waals surface area contributed by atoms with Gasteiger partial charge < -0.3 is 9.73 Å². The molecule has 0 unspecified atom stereocenters. The predicted octanol–water partition coefficient (Wildman–Crippen LogP) is 6.21. The van der Waals surface area contributed by atoms with Crippen LogP contribution in [-0.4, -0.2) is 11.9 Å². The Balaban J connectivity index is 1.24. The number of rotatable bonds is 4. The second kappa shape index (κ2) is 7.27. The summed E-state index contributed by atoms with van der Waals surface area (Å²) in [6.45, 7) is 0. The van der Waals surface area contributed by atoms with Gasteiger partial charge in [0.2, 0.25) is 5.91 Å². The number of benzene rings is 1. The highest BCUT2D eigenvalue weighted by atomic mass is 35.5. The molecule has 4 bridgehead atoms. The molecule has 2 aromatic rings. The third-order valence-corrected chi connectivity index (χ3v) is 7.31. The molecule has 0 aliphatic heterocycles. The molecule has 28 heavy (non-hydrogen) atoms. The molecule has 0 spiro atoms. The maximum Gasteiger partial charge on any atom is 0.244 e. The van der Waals surface area contributed by atoms with Crippen molar-refractivity contribution in [2.75, 3.05) is 0 Å². The van der Waals surface area contributed by atoms with Gasteiger partial charge in [-0.3, -0.25) is 4.79 Å². The Labute approximate surface area is 175 Å². The summed E-state index contributed by atoms with van der Waals surface area (Å²) >= 11 is 12.2. The lowest BCUT2D eigenvalue weighted by molar-refractivity contribution is -0.120. The number of amides is 1. The largest absolute Gasteiger partial charge is 0.457 e. The molecule has 4 aliphatic rings. The molecule has 4 saturated carbocycles. The van der Waals surface area contributed by atoms with E-state index < -0.39 is 0 Å². The van der Waals surface area contributed by atoms with Gasteiger partial charge in [-0.25, -0.2) is 0 Å². The summed E-state index contributed by atoms with van der Waals surface area (Å²) in [7, 11) is 0. The molecule has 4 aliphatic carbocycles. The summed E-state index contributed by atoms with van der Waals surface area (Å²) in [6, 6.07) is 9.34. The quantitative estimate of drug-likeness (QED) is 0.603. The van der Waals surface area contributed by atoms with Gasteiger partial charge in [-0.05, 0) is 92.2 Å². The Morgan fingerprint density at radius 2 is 1.71 bits per heavy atom. The Bertz CT molecular complexity index is 904. The smallest absolute Gasteiger partial charge is 0.244 e. The Morgan fingerprint density at radius 1 is 1.00 bits per heavy atom. The lowest BCUT2D eigenvalue weighted by Crippen LogP contribution is -2.55. The standard InChI is InChI=1S/C23H23Cl2NO2/c24-17-1-4-19(20(25)12-17)21-5-2-18(28-21)3-6-22(27)26-23-15-8-13-7-14(10-15)11-16(23)9-13/h1-6,12-16,23H,7-11H2,(H,26,27)/b6-3+. The molecule has 0 atom stereocenters. The average molecular weight is 416 g/mol. The lowest BCUT2D eigenvalue weighted by atomic mass is 9.54. The van der Waals surface area contributed by atoms with E-state index in [2.05, 4.69) is 5.32 Å². The average Bonchev–Trinajstić information content (AvgIpc) is 3.11. The van der Waals surface area contributed by atoms with Crippen LogP contribution in [0.15, 0.2) is 40.8 Å². The molecule has 146 valence electrons. The van der Waals surface area contributed by atoms with Gasteiger partial charge in [0.15, 0.2) is 0 Å². The molecule has 1 aromatic carbocycles. The van der Waals surface area contributed by atoms with E-state index in [9.17, 15) is 4.79 Å². The molecule has 0 saturated heterocycles.